The number of carbonyl (C=O) groups is 1. The first kappa shape index (κ1) is 14.3. The van der Waals surface area contributed by atoms with E-state index in [9.17, 15) is 4.79 Å². The van der Waals surface area contributed by atoms with Crippen molar-refractivity contribution in [3.8, 4) is 17.2 Å². The molecule has 4 rings (SSSR count). The molecular weight excluding hydrogens is 314 g/mol. The summed E-state index contributed by atoms with van der Waals surface area (Å²) in [5.41, 5.74) is 1.89. The first-order valence-corrected chi connectivity index (χ1v) is 8.28. The average molecular weight is 329 g/mol. The lowest BCUT2D eigenvalue weighted by Gasteiger charge is -2.24. The van der Waals surface area contributed by atoms with Gasteiger partial charge in [-0.25, -0.2) is 0 Å². The van der Waals surface area contributed by atoms with Crippen molar-refractivity contribution in [1.29, 1.82) is 0 Å². The summed E-state index contributed by atoms with van der Waals surface area (Å²) in [7, 11) is 1.63. The molecule has 0 aromatic heterocycles. The molecule has 0 unspecified atom stereocenters. The van der Waals surface area contributed by atoms with E-state index in [1.165, 1.54) is 0 Å². The number of benzene rings is 2. The second kappa shape index (κ2) is 5.70. The molecule has 1 fully saturated rings. The zero-order valence-electron chi connectivity index (χ0n) is 12.5. The molecule has 1 saturated heterocycles. The third-order valence-electron chi connectivity index (χ3n) is 3.90. The molecule has 0 saturated carbocycles. The molecule has 118 valence electrons. The second-order valence-corrected chi connectivity index (χ2v) is 6.31. The third kappa shape index (κ3) is 2.49. The minimum Gasteiger partial charge on any atom is -0.497 e. The fourth-order valence-electron chi connectivity index (χ4n) is 2.76. The van der Waals surface area contributed by atoms with Crippen molar-refractivity contribution in [1.82, 2.24) is 0 Å². The van der Waals surface area contributed by atoms with E-state index < -0.39 is 0 Å². The highest BCUT2D eigenvalue weighted by Crippen LogP contribution is 2.44. The van der Waals surface area contributed by atoms with Gasteiger partial charge >= 0.3 is 0 Å². The van der Waals surface area contributed by atoms with Gasteiger partial charge in [-0.3, -0.25) is 9.69 Å². The van der Waals surface area contributed by atoms with Crippen molar-refractivity contribution in [3.63, 3.8) is 0 Å². The Hall–Kier alpha value is -2.34. The molecule has 2 aliphatic heterocycles. The predicted octanol–water partition coefficient (Wildman–Crippen LogP) is 3.20. The summed E-state index contributed by atoms with van der Waals surface area (Å²) in [6.07, 6.45) is 0. The van der Waals surface area contributed by atoms with Crippen LogP contribution in [0.3, 0.4) is 0 Å². The summed E-state index contributed by atoms with van der Waals surface area (Å²) in [4.78, 5) is 14.2. The van der Waals surface area contributed by atoms with E-state index in [1.807, 2.05) is 47.4 Å². The highest BCUT2D eigenvalue weighted by atomic mass is 32.2. The predicted molar refractivity (Wildman–Crippen MR) is 88.2 cm³/mol. The van der Waals surface area contributed by atoms with E-state index in [-0.39, 0.29) is 18.1 Å². The summed E-state index contributed by atoms with van der Waals surface area (Å²) < 4.78 is 16.0. The monoisotopic (exact) mass is 329 g/mol. The molecule has 2 aliphatic rings. The summed E-state index contributed by atoms with van der Waals surface area (Å²) in [6, 6.07) is 13.4. The van der Waals surface area contributed by atoms with Gasteiger partial charge in [0.15, 0.2) is 11.5 Å². The topological polar surface area (TPSA) is 48.0 Å². The number of thioether (sulfide) groups is 1. The zero-order chi connectivity index (χ0) is 15.8. The Morgan fingerprint density at radius 2 is 1.91 bits per heavy atom. The number of anilines is 1. The molecule has 5 nitrogen and oxygen atoms in total. The number of hydrogen-bond donors (Lipinski definition) is 0. The van der Waals surface area contributed by atoms with Crippen LogP contribution in [-0.2, 0) is 4.79 Å². The van der Waals surface area contributed by atoms with E-state index in [0.29, 0.717) is 5.75 Å². The molecular formula is C17H15NO4S. The standard InChI is InChI=1S/C17H15NO4S/c1-20-13-5-3-12(4-6-13)18-16(19)9-23-17(18)11-2-7-14-15(8-11)22-10-21-14/h2-8,17H,9-10H2,1H3/t17-/m1/s1. The molecule has 0 radical (unpaired) electrons. The average Bonchev–Trinajstić information content (AvgIpc) is 3.20. The van der Waals surface area contributed by atoms with Crippen molar-refractivity contribution in [2.24, 2.45) is 0 Å². The molecule has 0 N–H and O–H groups in total. The van der Waals surface area contributed by atoms with Crippen molar-refractivity contribution >= 4 is 23.4 Å². The minimum absolute atomic E-state index is 0.0644. The maximum Gasteiger partial charge on any atom is 0.238 e. The first-order chi connectivity index (χ1) is 11.3. The Labute approximate surface area is 138 Å². The normalized spacial score (nSPS) is 19.3. The van der Waals surface area contributed by atoms with E-state index in [0.717, 1.165) is 28.5 Å². The molecule has 6 heteroatoms. The fourth-order valence-corrected chi connectivity index (χ4v) is 3.93. The Balaban J connectivity index is 1.68. The van der Waals surface area contributed by atoms with Crippen LogP contribution in [0.1, 0.15) is 10.9 Å². The maximum atomic E-state index is 12.4. The summed E-state index contributed by atoms with van der Waals surface area (Å²) in [5, 5.41) is -0.0644. The lowest BCUT2D eigenvalue weighted by Crippen LogP contribution is -2.27. The van der Waals surface area contributed by atoms with Gasteiger partial charge < -0.3 is 14.2 Å². The Kier molecular flexibility index (Phi) is 3.53. The van der Waals surface area contributed by atoms with E-state index in [1.54, 1.807) is 18.9 Å². The van der Waals surface area contributed by atoms with Gasteiger partial charge in [0.05, 0.1) is 12.9 Å². The van der Waals surface area contributed by atoms with Gasteiger partial charge in [0.25, 0.3) is 0 Å². The van der Waals surface area contributed by atoms with Crippen LogP contribution in [0, 0.1) is 0 Å². The minimum atomic E-state index is -0.0644. The molecule has 1 atom stereocenters. The number of fused-ring (bicyclic) bond motifs is 1. The van der Waals surface area contributed by atoms with E-state index >= 15 is 0 Å². The number of carbonyl (C=O) groups excluding carboxylic acids is 1. The molecule has 2 heterocycles. The van der Waals surface area contributed by atoms with Gasteiger partial charge in [0, 0.05) is 5.69 Å². The second-order valence-electron chi connectivity index (χ2n) is 5.24. The molecule has 0 aliphatic carbocycles. The zero-order valence-corrected chi connectivity index (χ0v) is 13.3. The molecule has 1 amide bonds. The number of hydrogen-bond acceptors (Lipinski definition) is 5. The van der Waals surface area contributed by atoms with E-state index in [4.69, 9.17) is 14.2 Å². The van der Waals surface area contributed by atoms with Crippen LogP contribution < -0.4 is 19.1 Å². The van der Waals surface area contributed by atoms with Gasteiger partial charge in [-0.2, -0.15) is 0 Å². The number of methoxy groups -OCH3 is 1. The summed E-state index contributed by atoms with van der Waals surface area (Å²) in [6.45, 7) is 0.248. The Morgan fingerprint density at radius 3 is 2.70 bits per heavy atom. The van der Waals surface area contributed by atoms with Gasteiger partial charge in [0.1, 0.15) is 11.1 Å². The third-order valence-corrected chi connectivity index (χ3v) is 5.11. The molecule has 2 aromatic carbocycles. The van der Waals surface area contributed by atoms with Crippen molar-refractivity contribution in [2.45, 2.75) is 5.37 Å². The number of amides is 1. The van der Waals surface area contributed by atoms with Gasteiger partial charge in [-0.05, 0) is 42.0 Å². The smallest absolute Gasteiger partial charge is 0.238 e. The van der Waals surface area contributed by atoms with Gasteiger partial charge in [-0.1, -0.05) is 6.07 Å². The van der Waals surface area contributed by atoms with Crippen molar-refractivity contribution in [2.75, 3.05) is 24.6 Å². The van der Waals surface area contributed by atoms with Gasteiger partial charge in [-0.15, -0.1) is 11.8 Å². The Morgan fingerprint density at radius 1 is 1.13 bits per heavy atom. The fraction of sp³-hybridized carbons (Fsp3) is 0.235. The lowest BCUT2D eigenvalue weighted by atomic mass is 10.1. The van der Waals surface area contributed by atoms with Crippen molar-refractivity contribution < 1.29 is 19.0 Å². The molecule has 2 aromatic rings. The lowest BCUT2D eigenvalue weighted by molar-refractivity contribution is -0.115. The maximum absolute atomic E-state index is 12.4. The van der Waals surface area contributed by atoms with Crippen LogP contribution >= 0.6 is 11.8 Å². The van der Waals surface area contributed by atoms with Crippen LogP contribution in [0.15, 0.2) is 42.5 Å². The van der Waals surface area contributed by atoms with Gasteiger partial charge in [0.2, 0.25) is 12.7 Å². The number of nitrogens with zero attached hydrogens (tertiary/aromatic N) is 1. The van der Waals surface area contributed by atoms with Crippen LogP contribution in [-0.4, -0.2) is 25.6 Å². The van der Waals surface area contributed by atoms with E-state index in [2.05, 4.69) is 0 Å². The molecule has 0 spiro atoms. The highest BCUT2D eigenvalue weighted by Gasteiger charge is 2.34. The number of rotatable bonds is 3. The number of ether oxygens (including phenoxy) is 3. The largest absolute Gasteiger partial charge is 0.497 e. The molecule has 23 heavy (non-hydrogen) atoms. The molecule has 0 bridgehead atoms. The van der Waals surface area contributed by atoms with Crippen LogP contribution in [0.5, 0.6) is 17.2 Å². The summed E-state index contributed by atoms with van der Waals surface area (Å²) >= 11 is 1.61. The highest BCUT2D eigenvalue weighted by molar-refractivity contribution is 8.00. The quantitative estimate of drug-likeness (QED) is 0.865. The van der Waals surface area contributed by atoms with Crippen LogP contribution in [0.4, 0.5) is 5.69 Å². The first-order valence-electron chi connectivity index (χ1n) is 7.23. The van der Waals surface area contributed by atoms with Crippen molar-refractivity contribution in [3.05, 3.63) is 48.0 Å². The van der Waals surface area contributed by atoms with Crippen LogP contribution in [0.25, 0.3) is 0 Å². The SMILES string of the molecule is COc1ccc(N2C(=O)CS[C@@H]2c2ccc3c(c2)OCO3)cc1. The Bertz CT molecular complexity index is 747. The van der Waals surface area contributed by atoms with Crippen LogP contribution in [0.2, 0.25) is 0 Å². The summed E-state index contributed by atoms with van der Waals surface area (Å²) in [5.74, 6) is 2.82.